The maximum absolute atomic E-state index is 3.47. The minimum Gasteiger partial charge on any atom is -0.316 e. The average Bonchev–Trinajstić information content (AvgIpc) is 2.65. The molecule has 0 saturated carbocycles. The SMILES string of the molecule is CC1CNCC1CN1CCCC1. The van der Waals surface area contributed by atoms with Gasteiger partial charge in [-0.1, -0.05) is 6.92 Å². The predicted molar refractivity (Wildman–Crippen MR) is 51.2 cm³/mol. The lowest BCUT2D eigenvalue weighted by molar-refractivity contribution is 0.260. The van der Waals surface area contributed by atoms with Gasteiger partial charge in [-0.2, -0.15) is 0 Å². The molecule has 2 heterocycles. The van der Waals surface area contributed by atoms with E-state index in [0.717, 1.165) is 11.8 Å². The highest BCUT2D eigenvalue weighted by atomic mass is 15.1. The van der Waals surface area contributed by atoms with Gasteiger partial charge in [0.15, 0.2) is 0 Å². The van der Waals surface area contributed by atoms with Gasteiger partial charge in [0.05, 0.1) is 0 Å². The summed E-state index contributed by atoms with van der Waals surface area (Å²) in [7, 11) is 0. The van der Waals surface area contributed by atoms with Gasteiger partial charge in [0.25, 0.3) is 0 Å². The Morgan fingerprint density at radius 3 is 2.58 bits per heavy atom. The first kappa shape index (κ1) is 8.52. The molecule has 2 rings (SSSR count). The molecule has 2 atom stereocenters. The summed E-state index contributed by atoms with van der Waals surface area (Å²) in [5, 5.41) is 3.47. The van der Waals surface area contributed by atoms with Gasteiger partial charge in [0, 0.05) is 6.54 Å². The number of nitrogens with zero attached hydrogens (tertiary/aromatic N) is 1. The van der Waals surface area contributed by atoms with Crippen LogP contribution in [-0.4, -0.2) is 37.6 Å². The average molecular weight is 168 g/mol. The van der Waals surface area contributed by atoms with Gasteiger partial charge in [0.1, 0.15) is 0 Å². The van der Waals surface area contributed by atoms with Crippen LogP contribution in [0.3, 0.4) is 0 Å². The Kier molecular flexibility index (Phi) is 2.66. The van der Waals surface area contributed by atoms with Crippen LogP contribution >= 0.6 is 0 Å². The number of hydrogen-bond donors (Lipinski definition) is 1. The second-order valence-electron chi connectivity index (χ2n) is 4.40. The highest BCUT2D eigenvalue weighted by Gasteiger charge is 2.25. The smallest absolute Gasteiger partial charge is 0.00248 e. The lowest BCUT2D eigenvalue weighted by atomic mass is 9.98. The van der Waals surface area contributed by atoms with Gasteiger partial charge in [-0.15, -0.1) is 0 Å². The van der Waals surface area contributed by atoms with Crippen molar-refractivity contribution < 1.29 is 0 Å². The van der Waals surface area contributed by atoms with Crippen LogP contribution in [-0.2, 0) is 0 Å². The van der Waals surface area contributed by atoms with E-state index in [4.69, 9.17) is 0 Å². The summed E-state index contributed by atoms with van der Waals surface area (Å²) < 4.78 is 0. The zero-order chi connectivity index (χ0) is 8.39. The van der Waals surface area contributed by atoms with Crippen molar-refractivity contribution in [1.82, 2.24) is 10.2 Å². The van der Waals surface area contributed by atoms with Crippen LogP contribution in [0.15, 0.2) is 0 Å². The van der Waals surface area contributed by atoms with E-state index in [-0.39, 0.29) is 0 Å². The standard InChI is InChI=1S/C10H20N2/c1-9-6-11-7-10(9)8-12-4-2-3-5-12/h9-11H,2-8H2,1H3. The van der Waals surface area contributed by atoms with Crippen molar-refractivity contribution >= 4 is 0 Å². The molecular formula is C10H20N2. The minimum atomic E-state index is 0.894. The normalized spacial score (nSPS) is 37.8. The maximum Gasteiger partial charge on any atom is 0.00248 e. The first-order valence-corrected chi connectivity index (χ1v) is 5.29. The molecule has 0 spiro atoms. The Hall–Kier alpha value is -0.0800. The summed E-state index contributed by atoms with van der Waals surface area (Å²) in [6.07, 6.45) is 2.85. The molecule has 2 saturated heterocycles. The molecular weight excluding hydrogens is 148 g/mol. The lowest BCUT2D eigenvalue weighted by Crippen LogP contribution is -2.29. The van der Waals surface area contributed by atoms with Gasteiger partial charge in [-0.25, -0.2) is 0 Å². The van der Waals surface area contributed by atoms with Crippen LogP contribution in [0.4, 0.5) is 0 Å². The molecule has 2 heteroatoms. The van der Waals surface area contributed by atoms with E-state index >= 15 is 0 Å². The Morgan fingerprint density at radius 2 is 2.00 bits per heavy atom. The quantitative estimate of drug-likeness (QED) is 0.660. The van der Waals surface area contributed by atoms with Crippen LogP contribution in [0.1, 0.15) is 19.8 Å². The zero-order valence-corrected chi connectivity index (χ0v) is 8.05. The molecule has 2 fully saturated rings. The van der Waals surface area contributed by atoms with Crippen LogP contribution in [0.2, 0.25) is 0 Å². The molecule has 2 unspecified atom stereocenters. The van der Waals surface area contributed by atoms with Gasteiger partial charge in [-0.3, -0.25) is 0 Å². The van der Waals surface area contributed by atoms with Crippen LogP contribution in [0, 0.1) is 11.8 Å². The fourth-order valence-corrected chi connectivity index (χ4v) is 2.41. The highest BCUT2D eigenvalue weighted by Crippen LogP contribution is 2.19. The molecule has 2 aliphatic rings. The molecule has 2 aliphatic heterocycles. The van der Waals surface area contributed by atoms with Crippen LogP contribution < -0.4 is 5.32 Å². The molecule has 70 valence electrons. The molecule has 2 nitrogen and oxygen atoms in total. The van der Waals surface area contributed by atoms with Crippen molar-refractivity contribution in [2.24, 2.45) is 11.8 Å². The lowest BCUT2D eigenvalue weighted by Gasteiger charge is -2.21. The zero-order valence-electron chi connectivity index (χ0n) is 8.05. The molecule has 0 aromatic carbocycles. The third-order valence-electron chi connectivity index (χ3n) is 3.37. The Bertz CT molecular complexity index is 141. The molecule has 1 N–H and O–H groups in total. The van der Waals surface area contributed by atoms with Crippen molar-refractivity contribution in [2.75, 3.05) is 32.7 Å². The summed E-state index contributed by atoms with van der Waals surface area (Å²) >= 11 is 0. The van der Waals surface area contributed by atoms with Gasteiger partial charge >= 0.3 is 0 Å². The monoisotopic (exact) mass is 168 g/mol. The fourth-order valence-electron chi connectivity index (χ4n) is 2.41. The number of hydrogen-bond acceptors (Lipinski definition) is 2. The highest BCUT2D eigenvalue weighted by molar-refractivity contribution is 4.81. The van der Waals surface area contributed by atoms with Gasteiger partial charge in [-0.05, 0) is 50.9 Å². The number of rotatable bonds is 2. The molecule has 12 heavy (non-hydrogen) atoms. The molecule has 0 aromatic rings. The fraction of sp³-hybridized carbons (Fsp3) is 1.00. The summed E-state index contributed by atoms with van der Waals surface area (Å²) in [6.45, 7) is 8.90. The summed E-state index contributed by atoms with van der Waals surface area (Å²) in [5.41, 5.74) is 0. The third kappa shape index (κ3) is 1.80. The topological polar surface area (TPSA) is 15.3 Å². The van der Waals surface area contributed by atoms with E-state index in [2.05, 4.69) is 17.1 Å². The van der Waals surface area contributed by atoms with Crippen molar-refractivity contribution in [2.45, 2.75) is 19.8 Å². The third-order valence-corrected chi connectivity index (χ3v) is 3.37. The molecule has 0 radical (unpaired) electrons. The number of likely N-dealkylation sites (tertiary alicyclic amines) is 1. The number of nitrogens with one attached hydrogen (secondary N) is 1. The van der Waals surface area contributed by atoms with Gasteiger partial charge in [0.2, 0.25) is 0 Å². The van der Waals surface area contributed by atoms with Crippen molar-refractivity contribution in [3.63, 3.8) is 0 Å². The molecule has 0 aromatic heterocycles. The molecule has 0 aliphatic carbocycles. The first-order valence-electron chi connectivity index (χ1n) is 5.29. The van der Waals surface area contributed by atoms with Crippen LogP contribution in [0.5, 0.6) is 0 Å². The van der Waals surface area contributed by atoms with E-state index in [1.165, 1.54) is 45.6 Å². The summed E-state index contributed by atoms with van der Waals surface area (Å²) in [6, 6.07) is 0. The Balaban J connectivity index is 1.77. The van der Waals surface area contributed by atoms with E-state index in [1.54, 1.807) is 0 Å². The van der Waals surface area contributed by atoms with E-state index < -0.39 is 0 Å². The van der Waals surface area contributed by atoms with Crippen LogP contribution in [0.25, 0.3) is 0 Å². The van der Waals surface area contributed by atoms with Crippen molar-refractivity contribution in [3.05, 3.63) is 0 Å². The maximum atomic E-state index is 3.47. The Labute approximate surface area is 75.3 Å². The summed E-state index contributed by atoms with van der Waals surface area (Å²) in [4.78, 5) is 2.63. The second kappa shape index (κ2) is 3.75. The van der Waals surface area contributed by atoms with E-state index in [1.807, 2.05) is 0 Å². The Morgan fingerprint density at radius 1 is 1.25 bits per heavy atom. The summed E-state index contributed by atoms with van der Waals surface area (Å²) in [5.74, 6) is 1.81. The molecule has 0 amide bonds. The molecule has 0 bridgehead atoms. The minimum absolute atomic E-state index is 0.894. The second-order valence-corrected chi connectivity index (χ2v) is 4.40. The van der Waals surface area contributed by atoms with Gasteiger partial charge < -0.3 is 10.2 Å². The van der Waals surface area contributed by atoms with E-state index in [9.17, 15) is 0 Å². The van der Waals surface area contributed by atoms with Crippen molar-refractivity contribution in [3.8, 4) is 0 Å². The van der Waals surface area contributed by atoms with E-state index in [0.29, 0.717) is 0 Å². The van der Waals surface area contributed by atoms with Crippen molar-refractivity contribution in [1.29, 1.82) is 0 Å². The largest absolute Gasteiger partial charge is 0.316 e. The predicted octanol–water partition coefficient (Wildman–Crippen LogP) is 0.938. The first-order chi connectivity index (χ1) is 5.86.